The topological polar surface area (TPSA) is 35.3 Å². The van der Waals surface area contributed by atoms with Crippen LogP contribution in [0.2, 0.25) is 0 Å². The highest BCUT2D eigenvalue weighted by Crippen LogP contribution is 2.27. The second-order valence-corrected chi connectivity index (χ2v) is 2.85. The molecule has 2 aromatic rings. The molecule has 0 unspecified atom stereocenters. The first-order valence-electron chi connectivity index (χ1n) is 3.80. The van der Waals surface area contributed by atoms with Crippen LogP contribution in [-0.2, 0) is 18.0 Å². The van der Waals surface area contributed by atoms with Gasteiger partial charge in [-0.2, -0.15) is 0 Å². The van der Waals surface area contributed by atoms with E-state index in [2.05, 4.69) is 11.4 Å². The van der Waals surface area contributed by atoms with Crippen LogP contribution in [0.1, 0.15) is 11.1 Å². The smallest absolute Gasteiger partial charge is 0.284 e. The van der Waals surface area contributed by atoms with Crippen LogP contribution in [0.5, 0.6) is 0 Å². The molecule has 0 aliphatic carbocycles. The summed E-state index contributed by atoms with van der Waals surface area (Å²) in [6.07, 6.45) is 2.49. The molecule has 0 saturated heterocycles. The largest absolute Gasteiger partial charge is 0.432 e. The molecule has 0 atom stereocenters. The Labute approximate surface area is 69.0 Å². The summed E-state index contributed by atoms with van der Waals surface area (Å²) in [7, 11) is 0. The van der Waals surface area contributed by atoms with Crippen molar-refractivity contribution in [1.82, 2.24) is 4.98 Å². The van der Waals surface area contributed by atoms with Gasteiger partial charge in [-0.3, -0.25) is 0 Å². The fourth-order valence-corrected chi connectivity index (χ4v) is 1.53. The maximum absolute atomic E-state index is 5.29. The van der Waals surface area contributed by atoms with Crippen LogP contribution in [-0.4, -0.2) is 4.98 Å². The van der Waals surface area contributed by atoms with E-state index >= 15 is 0 Å². The maximum Gasteiger partial charge on any atom is 0.284 e. The van der Waals surface area contributed by atoms with E-state index in [-0.39, 0.29) is 0 Å². The standard InChI is InChI=1S/C9H6NO2/c1-2-8-9(12-5-10-8)7-4-11-3-6(1)7/h1-2H,3-4H2. The molecule has 0 bridgehead atoms. The Bertz CT molecular complexity index is 433. The Morgan fingerprint density at radius 1 is 1.33 bits per heavy atom. The minimum absolute atomic E-state index is 0.635. The van der Waals surface area contributed by atoms with E-state index in [0.29, 0.717) is 13.2 Å². The summed E-state index contributed by atoms with van der Waals surface area (Å²) in [5.41, 5.74) is 4.01. The number of nitrogens with zero attached hydrogens (tertiary/aromatic N) is 1. The van der Waals surface area contributed by atoms with Gasteiger partial charge in [-0.15, -0.1) is 0 Å². The van der Waals surface area contributed by atoms with Gasteiger partial charge in [-0.1, -0.05) is 6.07 Å². The molecule has 1 aliphatic rings. The van der Waals surface area contributed by atoms with Crippen molar-refractivity contribution in [2.24, 2.45) is 0 Å². The first-order chi connectivity index (χ1) is 5.95. The zero-order valence-electron chi connectivity index (χ0n) is 6.33. The van der Waals surface area contributed by atoms with E-state index in [0.717, 1.165) is 16.7 Å². The van der Waals surface area contributed by atoms with Crippen molar-refractivity contribution in [2.45, 2.75) is 13.2 Å². The molecule has 1 radical (unpaired) electrons. The van der Waals surface area contributed by atoms with Crippen molar-refractivity contribution in [2.75, 3.05) is 0 Å². The van der Waals surface area contributed by atoms with Gasteiger partial charge in [0.15, 0.2) is 5.58 Å². The normalized spacial score (nSPS) is 15.3. The van der Waals surface area contributed by atoms with Gasteiger partial charge >= 0.3 is 0 Å². The number of hydrogen-bond donors (Lipinski definition) is 0. The molecule has 12 heavy (non-hydrogen) atoms. The summed E-state index contributed by atoms with van der Waals surface area (Å²) in [5.74, 6) is 0. The number of aromatic nitrogens is 1. The highest BCUT2D eigenvalue weighted by atomic mass is 16.5. The SMILES string of the molecule is [c]1nc2ccc3c(c2o1)COC3. The van der Waals surface area contributed by atoms with E-state index in [1.165, 1.54) is 5.56 Å². The fourth-order valence-electron chi connectivity index (χ4n) is 1.53. The van der Waals surface area contributed by atoms with Crippen molar-refractivity contribution >= 4 is 11.1 Å². The zero-order chi connectivity index (χ0) is 7.97. The average Bonchev–Trinajstić information content (AvgIpc) is 2.71. The lowest BCUT2D eigenvalue weighted by atomic mass is 10.1. The Kier molecular flexibility index (Phi) is 1.07. The lowest BCUT2D eigenvalue weighted by Gasteiger charge is -1.94. The van der Waals surface area contributed by atoms with Gasteiger partial charge in [0.2, 0.25) is 0 Å². The Hall–Kier alpha value is -1.35. The Morgan fingerprint density at radius 2 is 2.33 bits per heavy atom. The number of ether oxygens (including phenoxy) is 1. The third-order valence-electron chi connectivity index (χ3n) is 2.15. The van der Waals surface area contributed by atoms with Crippen molar-refractivity contribution in [3.05, 3.63) is 29.7 Å². The first-order valence-corrected chi connectivity index (χ1v) is 3.80. The molecule has 3 nitrogen and oxygen atoms in total. The van der Waals surface area contributed by atoms with Crippen LogP contribution in [0.15, 0.2) is 16.5 Å². The predicted octanol–water partition coefficient (Wildman–Crippen LogP) is 1.66. The molecule has 1 aromatic carbocycles. The number of fused-ring (bicyclic) bond motifs is 3. The van der Waals surface area contributed by atoms with Crippen molar-refractivity contribution in [1.29, 1.82) is 0 Å². The second kappa shape index (κ2) is 2.08. The van der Waals surface area contributed by atoms with Crippen LogP contribution in [0.3, 0.4) is 0 Å². The van der Waals surface area contributed by atoms with Crippen LogP contribution in [0.25, 0.3) is 11.1 Å². The first kappa shape index (κ1) is 6.20. The van der Waals surface area contributed by atoms with Gasteiger partial charge in [0.25, 0.3) is 6.39 Å². The zero-order valence-corrected chi connectivity index (χ0v) is 6.33. The van der Waals surface area contributed by atoms with E-state index < -0.39 is 0 Å². The van der Waals surface area contributed by atoms with Gasteiger partial charge in [0, 0.05) is 5.56 Å². The highest BCUT2D eigenvalue weighted by Gasteiger charge is 2.16. The van der Waals surface area contributed by atoms with E-state index in [4.69, 9.17) is 9.15 Å². The molecule has 59 valence electrons. The quantitative estimate of drug-likeness (QED) is 0.587. The number of hydrogen-bond acceptors (Lipinski definition) is 3. The summed E-state index contributed by atoms with van der Waals surface area (Å²) in [6.45, 7) is 1.32. The molecule has 1 aliphatic heterocycles. The third-order valence-corrected chi connectivity index (χ3v) is 2.15. The van der Waals surface area contributed by atoms with Gasteiger partial charge in [-0.25, -0.2) is 4.98 Å². The average molecular weight is 160 g/mol. The van der Waals surface area contributed by atoms with E-state index in [9.17, 15) is 0 Å². The maximum atomic E-state index is 5.29. The van der Waals surface area contributed by atoms with Crippen molar-refractivity contribution in [3.8, 4) is 0 Å². The Morgan fingerprint density at radius 3 is 3.33 bits per heavy atom. The fraction of sp³-hybridized carbons (Fsp3) is 0.222. The van der Waals surface area contributed by atoms with Gasteiger partial charge in [0.05, 0.1) is 13.2 Å². The summed E-state index contributed by atoms with van der Waals surface area (Å²) in [4.78, 5) is 3.95. The molecule has 3 rings (SSSR count). The number of rotatable bonds is 0. The number of oxazole rings is 1. The van der Waals surface area contributed by atoms with Crippen LogP contribution >= 0.6 is 0 Å². The van der Waals surface area contributed by atoms with Crippen molar-refractivity contribution in [3.63, 3.8) is 0 Å². The molecule has 3 heteroatoms. The third kappa shape index (κ3) is 0.662. The summed E-state index contributed by atoms with van der Waals surface area (Å²) in [5, 5.41) is 0. The number of benzene rings is 1. The van der Waals surface area contributed by atoms with Crippen LogP contribution < -0.4 is 0 Å². The molecule has 0 N–H and O–H groups in total. The highest BCUT2D eigenvalue weighted by molar-refractivity contribution is 5.77. The molecule has 0 saturated carbocycles. The monoisotopic (exact) mass is 160 g/mol. The minimum atomic E-state index is 0.635. The van der Waals surface area contributed by atoms with E-state index in [1.807, 2.05) is 12.1 Å². The summed E-state index contributed by atoms with van der Waals surface area (Å²) in [6, 6.07) is 3.96. The Balaban J connectivity index is 2.46. The van der Waals surface area contributed by atoms with Crippen molar-refractivity contribution < 1.29 is 9.15 Å². The predicted molar refractivity (Wildman–Crippen MR) is 41.3 cm³/mol. The summed E-state index contributed by atoms with van der Waals surface area (Å²) < 4.78 is 10.4. The van der Waals surface area contributed by atoms with E-state index in [1.54, 1.807) is 0 Å². The molecule has 2 heterocycles. The van der Waals surface area contributed by atoms with Gasteiger partial charge < -0.3 is 9.15 Å². The van der Waals surface area contributed by atoms with Crippen LogP contribution in [0.4, 0.5) is 0 Å². The molecule has 0 spiro atoms. The van der Waals surface area contributed by atoms with Crippen LogP contribution in [0, 0.1) is 6.39 Å². The van der Waals surface area contributed by atoms with Gasteiger partial charge in [-0.05, 0) is 11.6 Å². The minimum Gasteiger partial charge on any atom is -0.432 e. The molecule has 0 fully saturated rings. The lowest BCUT2D eigenvalue weighted by molar-refractivity contribution is 0.134. The molecule has 1 aromatic heterocycles. The summed E-state index contributed by atoms with van der Waals surface area (Å²) >= 11 is 0. The molecular weight excluding hydrogens is 154 g/mol. The van der Waals surface area contributed by atoms with Gasteiger partial charge in [0.1, 0.15) is 5.52 Å². The second-order valence-electron chi connectivity index (χ2n) is 2.85. The molecule has 0 amide bonds. The lowest BCUT2D eigenvalue weighted by Crippen LogP contribution is -1.81. The molecular formula is C9H6NO2.